The Morgan fingerprint density at radius 2 is 2.22 bits per heavy atom. The highest BCUT2D eigenvalue weighted by Crippen LogP contribution is 2.42. The van der Waals surface area contributed by atoms with Gasteiger partial charge < -0.3 is 14.6 Å². The van der Waals surface area contributed by atoms with Crippen LogP contribution in [0.5, 0.6) is 0 Å². The standard InChI is InChI=1S/C19H20Cl2N4O2/c1-10-6-15-12(8-25(10)16(26)9-27-3)17-11(14-4-5-24(2)23-14)7-13(20)18(21)19(17)22-15/h4-5,7,10,22H,6,8-9H2,1-3H3/t10-/m0/s1. The van der Waals surface area contributed by atoms with Gasteiger partial charge in [-0.25, -0.2) is 0 Å². The molecular formula is C19H20Cl2N4O2. The van der Waals surface area contributed by atoms with Gasteiger partial charge in [-0.2, -0.15) is 5.10 Å². The summed E-state index contributed by atoms with van der Waals surface area (Å²) in [6.07, 6.45) is 2.61. The van der Waals surface area contributed by atoms with Crippen molar-refractivity contribution in [3.63, 3.8) is 0 Å². The molecule has 3 aromatic rings. The molecule has 0 aliphatic carbocycles. The first-order valence-electron chi connectivity index (χ1n) is 8.70. The van der Waals surface area contributed by atoms with E-state index >= 15 is 0 Å². The Bertz CT molecular complexity index is 1040. The molecule has 27 heavy (non-hydrogen) atoms. The van der Waals surface area contributed by atoms with Crippen molar-refractivity contribution in [1.82, 2.24) is 19.7 Å². The van der Waals surface area contributed by atoms with Gasteiger partial charge in [-0.1, -0.05) is 23.2 Å². The van der Waals surface area contributed by atoms with Gasteiger partial charge in [0, 0.05) is 61.6 Å². The number of nitrogens with zero attached hydrogens (tertiary/aromatic N) is 3. The van der Waals surface area contributed by atoms with Gasteiger partial charge in [0.1, 0.15) is 6.61 Å². The van der Waals surface area contributed by atoms with E-state index in [1.54, 1.807) is 4.68 Å². The molecule has 142 valence electrons. The fourth-order valence-corrected chi connectivity index (χ4v) is 4.22. The van der Waals surface area contributed by atoms with E-state index in [0.717, 1.165) is 39.8 Å². The minimum absolute atomic E-state index is 0.0237. The van der Waals surface area contributed by atoms with Gasteiger partial charge in [-0.3, -0.25) is 9.48 Å². The van der Waals surface area contributed by atoms with Gasteiger partial charge in [0.25, 0.3) is 0 Å². The normalized spacial score (nSPS) is 16.8. The molecule has 0 bridgehead atoms. The first kappa shape index (κ1) is 18.3. The van der Waals surface area contributed by atoms with E-state index < -0.39 is 0 Å². The number of carbonyl (C=O) groups is 1. The molecule has 6 nitrogen and oxygen atoms in total. The van der Waals surface area contributed by atoms with Crippen molar-refractivity contribution < 1.29 is 9.53 Å². The van der Waals surface area contributed by atoms with Crippen LogP contribution in [0, 0.1) is 0 Å². The first-order valence-corrected chi connectivity index (χ1v) is 9.46. The van der Waals surface area contributed by atoms with E-state index in [0.29, 0.717) is 16.6 Å². The molecule has 0 fully saturated rings. The summed E-state index contributed by atoms with van der Waals surface area (Å²) in [6.45, 7) is 2.61. The molecule has 1 atom stereocenters. The van der Waals surface area contributed by atoms with E-state index in [1.165, 1.54) is 7.11 Å². The third-order valence-electron chi connectivity index (χ3n) is 5.10. The SMILES string of the molecule is COCC(=O)N1Cc2c([nH]c3c(Cl)c(Cl)cc(-c4ccn(C)n4)c23)C[C@@H]1C. The molecular weight excluding hydrogens is 387 g/mol. The molecule has 0 saturated carbocycles. The lowest BCUT2D eigenvalue weighted by Crippen LogP contribution is -2.44. The highest BCUT2D eigenvalue weighted by molar-refractivity contribution is 6.45. The van der Waals surface area contributed by atoms with Crippen molar-refractivity contribution in [2.24, 2.45) is 7.05 Å². The summed E-state index contributed by atoms with van der Waals surface area (Å²) in [5.41, 5.74) is 4.66. The third kappa shape index (κ3) is 3.02. The number of hydrogen-bond acceptors (Lipinski definition) is 3. The predicted molar refractivity (Wildman–Crippen MR) is 106 cm³/mol. The largest absolute Gasteiger partial charge is 0.375 e. The number of benzene rings is 1. The lowest BCUT2D eigenvalue weighted by atomic mass is 9.96. The number of aromatic nitrogens is 3. The van der Waals surface area contributed by atoms with E-state index in [-0.39, 0.29) is 18.6 Å². The number of rotatable bonds is 3. The van der Waals surface area contributed by atoms with E-state index in [4.69, 9.17) is 27.9 Å². The van der Waals surface area contributed by atoms with E-state index in [2.05, 4.69) is 10.1 Å². The minimum atomic E-state index is -0.0237. The van der Waals surface area contributed by atoms with Gasteiger partial charge in [0.15, 0.2) is 0 Å². The van der Waals surface area contributed by atoms with Crippen molar-refractivity contribution in [2.45, 2.75) is 25.9 Å². The Labute approximate surface area is 167 Å². The van der Waals surface area contributed by atoms with Crippen molar-refractivity contribution in [3.8, 4) is 11.3 Å². The number of amides is 1. The third-order valence-corrected chi connectivity index (χ3v) is 5.89. The molecule has 1 aromatic carbocycles. The molecule has 4 rings (SSSR count). The Hall–Kier alpha value is -2.02. The molecule has 0 saturated heterocycles. The quantitative estimate of drug-likeness (QED) is 0.719. The van der Waals surface area contributed by atoms with Crippen LogP contribution in [0.4, 0.5) is 0 Å². The van der Waals surface area contributed by atoms with Crippen LogP contribution in [0.1, 0.15) is 18.2 Å². The zero-order valence-corrected chi connectivity index (χ0v) is 16.9. The highest BCUT2D eigenvalue weighted by atomic mass is 35.5. The highest BCUT2D eigenvalue weighted by Gasteiger charge is 2.31. The van der Waals surface area contributed by atoms with Gasteiger partial charge in [0.2, 0.25) is 5.91 Å². The summed E-state index contributed by atoms with van der Waals surface area (Å²) in [7, 11) is 3.40. The van der Waals surface area contributed by atoms with Crippen LogP contribution in [0.2, 0.25) is 10.0 Å². The molecule has 0 radical (unpaired) electrons. The molecule has 0 unspecified atom stereocenters. The maximum Gasteiger partial charge on any atom is 0.249 e. The second kappa shape index (κ2) is 6.86. The van der Waals surface area contributed by atoms with Crippen LogP contribution in [0.3, 0.4) is 0 Å². The van der Waals surface area contributed by atoms with Crippen molar-refractivity contribution >= 4 is 40.0 Å². The lowest BCUT2D eigenvalue weighted by Gasteiger charge is -2.33. The maximum atomic E-state index is 12.5. The fourth-order valence-electron chi connectivity index (χ4n) is 3.82. The van der Waals surface area contributed by atoms with Gasteiger partial charge in [0.05, 0.1) is 21.3 Å². The summed E-state index contributed by atoms with van der Waals surface area (Å²) in [5.74, 6) is -0.0237. The van der Waals surface area contributed by atoms with Crippen LogP contribution >= 0.6 is 23.2 Å². The summed E-state index contributed by atoms with van der Waals surface area (Å²) < 4.78 is 6.79. The lowest BCUT2D eigenvalue weighted by molar-refractivity contribution is -0.138. The number of aromatic amines is 1. The number of methoxy groups -OCH3 is 1. The smallest absolute Gasteiger partial charge is 0.249 e. The average molecular weight is 407 g/mol. The molecule has 2 aromatic heterocycles. The molecule has 1 aliphatic heterocycles. The number of fused-ring (bicyclic) bond motifs is 3. The Morgan fingerprint density at radius 3 is 2.89 bits per heavy atom. The van der Waals surface area contributed by atoms with Crippen LogP contribution in [-0.2, 0) is 29.5 Å². The van der Waals surface area contributed by atoms with Crippen LogP contribution in [0.15, 0.2) is 18.3 Å². The molecule has 1 aliphatic rings. The summed E-state index contributed by atoms with van der Waals surface area (Å²) >= 11 is 12.9. The van der Waals surface area contributed by atoms with E-state index in [9.17, 15) is 4.79 Å². The first-order chi connectivity index (χ1) is 12.9. The van der Waals surface area contributed by atoms with Crippen LogP contribution in [0.25, 0.3) is 22.2 Å². The second-order valence-corrected chi connectivity index (χ2v) is 7.72. The molecule has 1 N–H and O–H groups in total. The number of hydrogen-bond donors (Lipinski definition) is 1. The van der Waals surface area contributed by atoms with E-state index in [1.807, 2.05) is 37.2 Å². The van der Waals surface area contributed by atoms with Gasteiger partial charge >= 0.3 is 0 Å². The van der Waals surface area contributed by atoms with Crippen LogP contribution in [-0.4, -0.2) is 45.3 Å². The monoisotopic (exact) mass is 406 g/mol. The van der Waals surface area contributed by atoms with Crippen LogP contribution < -0.4 is 0 Å². The summed E-state index contributed by atoms with van der Waals surface area (Å²) in [4.78, 5) is 17.8. The average Bonchev–Trinajstić information content (AvgIpc) is 3.21. The van der Waals surface area contributed by atoms with Crippen molar-refractivity contribution in [2.75, 3.05) is 13.7 Å². The summed E-state index contributed by atoms with van der Waals surface area (Å²) in [6, 6.07) is 3.86. The summed E-state index contributed by atoms with van der Waals surface area (Å²) in [5, 5.41) is 6.47. The van der Waals surface area contributed by atoms with Gasteiger partial charge in [-0.05, 0) is 19.1 Å². The zero-order valence-electron chi connectivity index (χ0n) is 15.3. The Morgan fingerprint density at radius 1 is 1.44 bits per heavy atom. The second-order valence-electron chi connectivity index (χ2n) is 6.93. The maximum absolute atomic E-state index is 12.5. The molecule has 1 amide bonds. The topological polar surface area (TPSA) is 63.1 Å². The van der Waals surface area contributed by atoms with Crippen molar-refractivity contribution in [1.29, 1.82) is 0 Å². The molecule has 8 heteroatoms. The Balaban J connectivity index is 1.92. The minimum Gasteiger partial charge on any atom is -0.375 e. The number of carbonyl (C=O) groups excluding carboxylic acids is 1. The fraction of sp³-hybridized carbons (Fsp3) is 0.368. The van der Waals surface area contributed by atoms with Gasteiger partial charge in [-0.15, -0.1) is 0 Å². The number of halogens is 2. The molecule has 0 spiro atoms. The number of aryl methyl sites for hydroxylation is 1. The number of H-pyrrole nitrogens is 1. The number of nitrogens with one attached hydrogen (secondary N) is 1. The van der Waals surface area contributed by atoms with Crippen molar-refractivity contribution in [3.05, 3.63) is 39.6 Å². The predicted octanol–water partition coefficient (Wildman–Crippen LogP) is 3.79. The molecule has 3 heterocycles. The zero-order chi connectivity index (χ0) is 19.3. The Kier molecular flexibility index (Phi) is 4.66. The number of ether oxygens (including phenoxy) is 1.